The van der Waals surface area contributed by atoms with Gasteiger partial charge < -0.3 is 9.67 Å². The summed E-state index contributed by atoms with van der Waals surface area (Å²) in [5.74, 6) is -2.76. The van der Waals surface area contributed by atoms with Gasteiger partial charge in [0.15, 0.2) is 0 Å². The lowest BCUT2D eigenvalue weighted by Crippen LogP contribution is -2.26. The minimum atomic E-state index is -5.08. The van der Waals surface area contributed by atoms with E-state index >= 15 is 0 Å². The number of nitrogens with zero attached hydrogens (tertiary/aromatic N) is 3. The number of benzene rings is 1. The van der Waals surface area contributed by atoms with E-state index in [1.165, 1.54) is 35.9 Å². The van der Waals surface area contributed by atoms with Crippen LogP contribution in [0.3, 0.4) is 0 Å². The van der Waals surface area contributed by atoms with E-state index in [1.54, 1.807) is 0 Å². The third kappa shape index (κ3) is 5.30. The summed E-state index contributed by atoms with van der Waals surface area (Å²) >= 11 is 6.06. The van der Waals surface area contributed by atoms with Gasteiger partial charge in [-0.2, -0.15) is 18.3 Å². The first-order chi connectivity index (χ1) is 13.8. The van der Waals surface area contributed by atoms with Crippen molar-refractivity contribution in [1.29, 1.82) is 0 Å². The molecule has 3 aromatic rings. The van der Waals surface area contributed by atoms with Gasteiger partial charge in [-0.05, 0) is 43.7 Å². The molecule has 0 saturated carbocycles. The molecule has 1 aromatic carbocycles. The van der Waals surface area contributed by atoms with Crippen molar-refractivity contribution in [3.63, 3.8) is 0 Å². The lowest BCUT2D eigenvalue weighted by atomic mass is 10.1. The minimum absolute atomic E-state index is 0.509. The van der Waals surface area contributed by atoms with Crippen molar-refractivity contribution in [3.05, 3.63) is 53.4 Å². The number of rotatable bonds is 4. The molecule has 6 nitrogen and oxygen atoms in total. The van der Waals surface area contributed by atoms with Crippen molar-refractivity contribution >= 4 is 28.5 Å². The van der Waals surface area contributed by atoms with Crippen LogP contribution >= 0.6 is 11.6 Å². The molecule has 0 bridgehead atoms. The molecule has 29 heavy (non-hydrogen) atoms. The van der Waals surface area contributed by atoms with E-state index in [9.17, 15) is 13.2 Å². The highest BCUT2D eigenvalue weighted by molar-refractivity contribution is 6.31. The molecule has 3 heterocycles. The molecule has 4 rings (SSSR count). The molecular formula is C19H20ClF3N4O2. The number of hydrogen-bond acceptors (Lipinski definition) is 3. The molecule has 10 heteroatoms. The Morgan fingerprint density at radius 1 is 1.31 bits per heavy atom. The first kappa shape index (κ1) is 21.2. The molecule has 1 atom stereocenters. The van der Waals surface area contributed by atoms with Crippen molar-refractivity contribution in [1.82, 2.24) is 19.7 Å². The number of aromatic amines is 1. The van der Waals surface area contributed by atoms with Gasteiger partial charge in [0, 0.05) is 53.0 Å². The van der Waals surface area contributed by atoms with E-state index in [0.29, 0.717) is 6.04 Å². The maximum Gasteiger partial charge on any atom is 0.490 e. The number of likely N-dealkylation sites (tertiary alicyclic amines) is 1. The van der Waals surface area contributed by atoms with Crippen molar-refractivity contribution in [2.75, 3.05) is 13.1 Å². The molecule has 1 saturated heterocycles. The number of alkyl halides is 3. The topological polar surface area (TPSA) is 74.2 Å². The van der Waals surface area contributed by atoms with Gasteiger partial charge in [0.05, 0.1) is 6.20 Å². The van der Waals surface area contributed by atoms with Crippen LogP contribution in [0.15, 0.2) is 42.9 Å². The molecule has 1 unspecified atom stereocenters. The van der Waals surface area contributed by atoms with Crippen molar-refractivity contribution in [3.8, 4) is 0 Å². The summed E-state index contributed by atoms with van der Waals surface area (Å²) in [7, 11) is 0. The van der Waals surface area contributed by atoms with E-state index in [1.807, 2.05) is 24.5 Å². The predicted molar refractivity (Wildman–Crippen MR) is 103 cm³/mol. The number of nitrogens with one attached hydrogen (secondary N) is 1. The molecule has 156 valence electrons. The molecule has 0 spiro atoms. The van der Waals surface area contributed by atoms with E-state index in [4.69, 9.17) is 21.5 Å². The monoisotopic (exact) mass is 428 g/mol. The number of aromatic nitrogens is 3. The number of aliphatic carboxylic acids is 1. The van der Waals surface area contributed by atoms with Gasteiger partial charge in [-0.15, -0.1) is 0 Å². The Morgan fingerprint density at radius 2 is 2.07 bits per heavy atom. The quantitative estimate of drug-likeness (QED) is 0.642. The smallest absolute Gasteiger partial charge is 0.475 e. The third-order valence-electron chi connectivity index (χ3n) is 4.87. The SMILES string of the molecule is Clc1ccc2c(ccn2CCN2CCCC2c2cn[nH]c2)c1.O=C(O)C(F)(F)F. The number of fused-ring (bicyclic) bond motifs is 1. The van der Waals surface area contributed by atoms with Crippen molar-refractivity contribution < 1.29 is 23.1 Å². The molecule has 0 radical (unpaired) electrons. The van der Waals surface area contributed by atoms with Crippen LogP contribution in [0.25, 0.3) is 10.9 Å². The number of carbonyl (C=O) groups is 1. The number of halogens is 4. The van der Waals surface area contributed by atoms with Crippen LogP contribution in [-0.4, -0.2) is 50.0 Å². The van der Waals surface area contributed by atoms with Crippen molar-refractivity contribution in [2.24, 2.45) is 0 Å². The van der Waals surface area contributed by atoms with Gasteiger partial charge in [0.25, 0.3) is 0 Å². The molecule has 1 aliphatic heterocycles. The summed E-state index contributed by atoms with van der Waals surface area (Å²) < 4.78 is 34.1. The van der Waals surface area contributed by atoms with Crippen LogP contribution in [0.1, 0.15) is 24.4 Å². The Kier molecular flexibility index (Phi) is 6.49. The van der Waals surface area contributed by atoms with Gasteiger partial charge >= 0.3 is 12.1 Å². The van der Waals surface area contributed by atoms with E-state index in [0.717, 1.165) is 18.1 Å². The van der Waals surface area contributed by atoms with Crippen LogP contribution in [0.2, 0.25) is 5.02 Å². The lowest BCUT2D eigenvalue weighted by molar-refractivity contribution is -0.192. The summed E-state index contributed by atoms with van der Waals surface area (Å²) in [6.07, 6.45) is 3.54. The Hall–Kier alpha value is -2.52. The molecule has 0 aliphatic carbocycles. The molecule has 2 aromatic heterocycles. The Morgan fingerprint density at radius 3 is 2.72 bits per heavy atom. The Labute approximate surface area is 169 Å². The normalized spacial score (nSPS) is 17.3. The van der Waals surface area contributed by atoms with Gasteiger partial charge in [0.2, 0.25) is 0 Å². The maximum atomic E-state index is 10.6. The predicted octanol–water partition coefficient (Wildman–Crippen LogP) is 4.49. The summed E-state index contributed by atoms with van der Waals surface area (Å²) in [6.45, 7) is 3.22. The van der Waals surface area contributed by atoms with Crippen LogP contribution in [-0.2, 0) is 11.3 Å². The summed E-state index contributed by atoms with van der Waals surface area (Å²) in [5.41, 5.74) is 2.56. The second-order valence-electron chi connectivity index (χ2n) is 6.74. The fourth-order valence-corrected chi connectivity index (χ4v) is 3.70. The zero-order valence-corrected chi connectivity index (χ0v) is 16.1. The molecule has 1 fully saturated rings. The second-order valence-corrected chi connectivity index (χ2v) is 7.18. The zero-order chi connectivity index (χ0) is 21.0. The van der Waals surface area contributed by atoms with Crippen molar-refractivity contribution in [2.45, 2.75) is 31.6 Å². The van der Waals surface area contributed by atoms with Crippen LogP contribution in [0.5, 0.6) is 0 Å². The molecule has 0 amide bonds. The first-order valence-electron chi connectivity index (χ1n) is 9.03. The number of hydrogen-bond donors (Lipinski definition) is 2. The van der Waals surface area contributed by atoms with E-state index in [-0.39, 0.29) is 0 Å². The third-order valence-corrected chi connectivity index (χ3v) is 5.11. The molecule has 2 N–H and O–H groups in total. The second kappa shape index (κ2) is 8.87. The summed E-state index contributed by atoms with van der Waals surface area (Å²) in [4.78, 5) is 11.5. The zero-order valence-electron chi connectivity index (χ0n) is 15.4. The number of carboxylic acid groups (broad SMARTS) is 1. The van der Waals surface area contributed by atoms with E-state index in [2.05, 4.69) is 38.0 Å². The van der Waals surface area contributed by atoms with Gasteiger partial charge in [-0.1, -0.05) is 11.6 Å². The number of H-pyrrole nitrogens is 1. The van der Waals surface area contributed by atoms with Crippen LogP contribution < -0.4 is 0 Å². The fourth-order valence-electron chi connectivity index (χ4n) is 3.52. The van der Waals surface area contributed by atoms with Gasteiger partial charge in [0.1, 0.15) is 0 Å². The summed E-state index contributed by atoms with van der Waals surface area (Å²) in [6, 6.07) is 8.74. The Bertz CT molecular complexity index is 956. The largest absolute Gasteiger partial charge is 0.490 e. The summed E-state index contributed by atoms with van der Waals surface area (Å²) in [5, 5.41) is 16.2. The highest BCUT2D eigenvalue weighted by Crippen LogP contribution is 2.31. The molecular weight excluding hydrogens is 409 g/mol. The highest BCUT2D eigenvalue weighted by atomic mass is 35.5. The maximum absolute atomic E-state index is 10.6. The average molecular weight is 429 g/mol. The Balaban J connectivity index is 0.000000298. The minimum Gasteiger partial charge on any atom is -0.475 e. The average Bonchev–Trinajstić information content (AvgIpc) is 3.39. The van der Waals surface area contributed by atoms with Gasteiger partial charge in [-0.25, -0.2) is 4.79 Å². The lowest BCUT2D eigenvalue weighted by Gasteiger charge is -2.23. The number of carboxylic acids is 1. The molecule has 1 aliphatic rings. The van der Waals surface area contributed by atoms with Crippen LogP contribution in [0.4, 0.5) is 13.2 Å². The van der Waals surface area contributed by atoms with Gasteiger partial charge in [-0.3, -0.25) is 10.00 Å². The highest BCUT2D eigenvalue weighted by Gasteiger charge is 2.38. The van der Waals surface area contributed by atoms with Crippen LogP contribution in [0, 0.1) is 0 Å². The standard InChI is InChI=1S/C17H19ClN4.C2HF3O2/c18-15-3-4-17-13(10-15)5-7-22(17)9-8-21-6-1-2-16(21)14-11-19-20-12-14;3-2(4,5)1(6)7/h3-5,7,10-12,16H,1-2,6,8-9H2,(H,19,20);(H,6,7). The first-order valence-corrected chi connectivity index (χ1v) is 9.41. The van der Waals surface area contributed by atoms with E-state index < -0.39 is 12.1 Å². The fraction of sp³-hybridized carbons (Fsp3) is 0.368.